The SMILES string of the molecule is CCCCCCCCCCCCCCOC([CH]C(C)(C)O)(CC)OCCCCCCCCCCCCCC. The highest BCUT2D eigenvalue weighted by Crippen LogP contribution is 2.29. The van der Waals surface area contributed by atoms with Gasteiger partial charge in [-0.15, -0.1) is 0 Å². The predicted molar refractivity (Wildman–Crippen MR) is 168 cm³/mol. The lowest BCUT2D eigenvalue weighted by Crippen LogP contribution is -2.43. The molecule has 0 aromatic rings. The van der Waals surface area contributed by atoms with Crippen molar-refractivity contribution in [3.63, 3.8) is 0 Å². The van der Waals surface area contributed by atoms with Crippen LogP contribution in [0.1, 0.15) is 195 Å². The Balaban J connectivity index is 3.94. The number of hydrogen-bond donors (Lipinski definition) is 1. The van der Waals surface area contributed by atoms with Crippen molar-refractivity contribution in [3.05, 3.63) is 6.42 Å². The summed E-state index contributed by atoms with van der Waals surface area (Å²) < 4.78 is 12.6. The molecule has 0 fully saturated rings. The van der Waals surface area contributed by atoms with Crippen molar-refractivity contribution in [2.24, 2.45) is 0 Å². The van der Waals surface area contributed by atoms with E-state index < -0.39 is 11.4 Å². The number of hydrogen-bond acceptors (Lipinski definition) is 3. The zero-order valence-electron chi connectivity index (χ0n) is 26.9. The monoisotopic (exact) mass is 540 g/mol. The third-order valence-corrected chi connectivity index (χ3v) is 7.75. The molecule has 0 aliphatic heterocycles. The topological polar surface area (TPSA) is 38.7 Å². The maximum Gasteiger partial charge on any atom is 0.174 e. The first-order valence-corrected chi connectivity index (χ1v) is 17.3. The van der Waals surface area contributed by atoms with E-state index >= 15 is 0 Å². The molecule has 3 nitrogen and oxygen atoms in total. The van der Waals surface area contributed by atoms with Crippen LogP contribution < -0.4 is 0 Å². The van der Waals surface area contributed by atoms with E-state index in [0.717, 1.165) is 19.3 Å². The lowest BCUT2D eigenvalue weighted by atomic mass is 9.96. The first-order valence-electron chi connectivity index (χ1n) is 17.3. The molecule has 3 heteroatoms. The van der Waals surface area contributed by atoms with Crippen molar-refractivity contribution < 1.29 is 14.6 Å². The van der Waals surface area contributed by atoms with Gasteiger partial charge < -0.3 is 14.6 Å². The third kappa shape index (κ3) is 26.1. The molecule has 1 radical (unpaired) electrons. The standard InChI is InChI=1S/C35H71O3/c1-6-9-11-13-15-17-19-21-23-25-27-29-31-37-35(8-3,33-34(4,5)36)38-32-30-28-26-24-22-20-18-16-14-12-10-7-2/h33,36H,6-32H2,1-5H3. The van der Waals surface area contributed by atoms with Crippen LogP contribution in [0, 0.1) is 6.42 Å². The van der Waals surface area contributed by atoms with Crippen LogP contribution in [0.5, 0.6) is 0 Å². The second-order valence-electron chi connectivity index (χ2n) is 12.4. The summed E-state index contributed by atoms with van der Waals surface area (Å²) in [5.74, 6) is -0.770. The maximum atomic E-state index is 10.5. The van der Waals surface area contributed by atoms with E-state index in [-0.39, 0.29) is 0 Å². The fourth-order valence-electron chi connectivity index (χ4n) is 5.35. The molecule has 38 heavy (non-hydrogen) atoms. The molecule has 0 amide bonds. The van der Waals surface area contributed by atoms with Gasteiger partial charge in [0.25, 0.3) is 0 Å². The molecule has 0 aliphatic carbocycles. The fourth-order valence-corrected chi connectivity index (χ4v) is 5.35. The highest BCUT2D eigenvalue weighted by atomic mass is 16.7. The van der Waals surface area contributed by atoms with Crippen molar-refractivity contribution >= 4 is 0 Å². The van der Waals surface area contributed by atoms with Crippen LogP contribution in [0.15, 0.2) is 0 Å². The first-order chi connectivity index (χ1) is 18.4. The summed E-state index contributed by atoms with van der Waals surface area (Å²) in [6.45, 7) is 11.7. The summed E-state index contributed by atoms with van der Waals surface area (Å²) in [7, 11) is 0. The molecular weight excluding hydrogens is 468 g/mol. The number of rotatable bonds is 31. The summed E-state index contributed by atoms with van der Waals surface area (Å²) in [6, 6.07) is 0. The second kappa shape index (κ2) is 27.1. The van der Waals surface area contributed by atoms with Gasteiger partial charge in [-0.2, -0.15) is 0 Å². The van der Waals surface area contributed by atoms with Gasteiger partial charge in [-0.1, -0.05) is 162 Å². The number of unbranched alkanes of at least 4 members (excludes halogenated alkanes) is 22. The van der Waals surface area contributed by atoms with E-state index in [1.807, 2.05) is 20.3 Å². The zero-order valence-corrected chi connectivity index (χ0v) is 26.9. The Labute approximate surface area is 240 Å². The maximum absolute atomic E-state index is 10.5. The van der Waals surface area contributed by atoms with Gasteiger partial charge in [0.15, 0.2) is 5.79 Å². The summed E-state index contributed by atoms with van der Waals surface area (Å²) in [4.78, 5) is 0. The van der Waals surface area contributed by atoms with Crippen molar-refractivity contribution in [3.8, 4) is 0 Å². The fraction of sp³-hybridized carbons (Fsp3) is 0.971. The molecule has 0 heterocycles. The van der Waals surface area contributed by atoms with Gasteiger partial charge >= 0.3 is 0 Å². The van der Waals surface area contributed by atoms with Gasteiger partial charge in [-0.05, 0) is 33.1 Å². The van der Waals surface area contributed by atoms with Crippen molar-refractivity contribution in [1.82, 2.24) is 0 Å². The van der Waals surface area contributed by atoms with Gasteiger partial charge in [0, 0.05) is 0 Å². The van der Waals surface area contributed by atoms with Crippen LogP contribution >= 0.6 is 0 Å². The Morgan fingerprint density at radius 1 is 0.447 bits per heavy atom. The minimum Gasteiger partial charge on any atom is -0.390 e. The molecule has 0 aromatic carbocycles. The van der Waals surface area contributed by atoms with Crippen LogP contribution in [-0.2, 0) is 9.47 Å². The number of ether oxygens (including phenoxy) is 2. The summed E-state index contributed by atoms with van der Waals surface area (Å²) in [6.07, 6.45) is 34.9. The van der Waals surface area contributed by atoms with Crippen LogP contribution in [0.3, 0.4) is 0 Å². The van der Waals surface area contributed by atoms with Crippen LogP contribution in [0.4, 0.5) is 0 Å². The average Bonchev–Trinajstić information content (AvgIpc) is 2.88. The molecule has 0 spiro atoms. The average molecular weight is 540 g/mol. The van der Waals surface area contributed by atoms with E-state index in [1.165, 1.54) is 141 Å². The molecule has 0 rings (SSSR count). The molecule has 0 saturated heterocycles. The molecule has 0 aliphatic rings. The summed E-state index contributed by atoms with van der Waals surface area (Å²) >= 11 is 0. The first kappa shape index (κ1) is 37.9. The van der Waals surface area contributed by atoms with Crippen LogP contribution in [0.2, 0.25) is 0 Å². The van der Waals surface area contributed by atoms with Crippen molar-refractivity contribution in [1.29, 1.82) is 0 Å². The Kier molecular flexibility index (Phi) is 27.0. The molecule has 0 saturated carbocycles. The van der Waals surface area contributed by atoms with E-state index in [2.05, 4.69) is 20.8 Å². The zero-order chi connectivity index (χ0) is 28.2. The smallest absolute Gasteiger partial charge is 0.174 e. The predicted octanol–water partition coefficient (Wildman–Crippen LogP) is 11.5. The van der Waals surface area contributed by atoms with Gasteiger partial charge in [0.2, 0.25) is 0 Å². The second-order valence-corrected chi connectivity index (χ2v) is 12.4. The minimum atomic E-state index is -0.914. The normalized spacial score (nSPS) is 12.5. The van der Waals surface area contributed by atoms with Crippen molar-refractivity contribution in [2.75, 3.05) is 13.2 Å². The summed E-state index contributed by atoms with van der Waals surface area (Å²) in [5, 5.41) is 10.5. The number of aliphatic hydroxyl groups is 1. The van der Waals surface area contributed by atoms with E-state index in [1.54, 1.807) is 0 Å². The van der Waals surface area contributed by atoms with E-state index in [0.29, 0.717) is 13.2 Å². The van der Waals surface area contributed by atoms with Crippen LogP contribution in [-0.4, -0.2) is 29.7 Å². The van der Waals surface area contributed by atoms with E-state index in [9.17, 15) is 5.11 Å². The Morgan fingerprint density at radius 3 is 0.947 bits per heavy atom. The lowest BCUT2D eigenvalue weighted by molar-refractivity contribution is -0.229. The molecular formula is C35H71O3. The molecule has 0 aromatic heterocycles. The van der Waals surface area contributed by atoms with E-state index in [4.69, 9.17) is 9.47 Å². The van der Waals surface area contributed by atoms with Crippen molar-refractivity contribution in [2.45, 2.75) is 207 Å². The Hall–Kier alpha value is -0.120. The summed E-state index contributed by atoms with van der Waals surface area (Å²) in [5.41, 5.74) is -0.914. The highest BCUT2D eigenvalue weighted by Gasteiger charge is 2.36. The van der Waals surface area contributed by atoms with Crippen LogP contribution in [0.25, 0.3) is 0 Å². The van der Waals surface area contributed by atoms with Gasteiger partial charge in [-0.25, -0.2) is 0 Å². The van der Waals surface area contributed by atoms with Gasteiger partial charge in [-0.3, -0.25) is 0 Å². The lowest BCUT2D eigenvalue weighted by Gasteiger charge is -2.37. The minimum absolute atomic E-state index is 0.705. The molecule has 0 bridgehead atoms. The molecule has 0 unspecified atom stereocenters. The highest BCUT2D eigenvalue weighted by molar-refractivity contribution is 4.97. The quantitative estimate of drug-likeness (QED) is 0.0703. The Morgan fingerprint density at radius 2 is 0.711 bits per heavy atom. The molecule has 1 N–H and O–H groups in total. The van der Waals surface area contributed by atoms with Gasteiger partial charge in [0.1, 0.15) is 0 Å². The largest absolute Gasteiger partial charge is 0.390 e. The third-order valence-electron chi connectivity index (χ3n) is 7.75. The van der Waals surface area contributed by atoms with Gasteiger partial charge in [0.05, 0.1) is 25.2 Å². The molecule has 229 valence electrons. The molecule has 0 atom stereocenters. The Bertz CT molecular complexity index is 427.